The topological polar surface area (TPSA) is 78.9 Å². The van der Waals surface area contributed by atoms with Crippen molar-refractivity contribution in [1.82, 2.24) is 0 Å². The molecule has 0 aromatic rings. The van der Waals surface area contributed by atoms with Crippen molar-refractivity contribution >= 4 is 17.9 Å². The average molecular weight is 1150 g/mol. The monoisotopic (exact) mass is 1140 g/mol. The molecular formula is C77H124O6. The van der Waals surface area contributed by atoms with Gasteiger partial charge in [0.25, 0.3) is 0 Å². The largest absolute Gasteiger partial charge is 0.462 e. The van der Waals surface area contributed by atoms with Gasteiger partial charge in [-0.1, -0.05) is 281 Å². The Balaban J connectivity index is 4.44. The predicted molar refractivity (Wildman–Crippen MR) is 362 cm³/mol. The molecule has 0 spiro atoms. The van der Waals surface area contributed by atoms with E-state index in [0.29, 0.717) is 25.7 Å². The first-order valence-corrected chi connectivity index (χ1v) is 34.0. The molecule has 6 nitrogen and oxygen atoms in total. The first-order chi connectivity index (χ1) is 41.0. The zero-order valence-electron chi connectivity index (χ0n) is 53.7. The Hall–Kier alpha value is -4.97. The molecule has 468 valence electrons. The van der Waals surface area contributed by atoms with E-state index in [1.54, 1.807) is 0 Å². The van der Waals surface area contributed by atoms with Crippen LogP contribution in [0.3, 0.4) is 0 Å². The minimum Gasteiger partial charge on any atom is -0.462 e. The Morgan fingerprint density at radius 1 is 0.253 bits per heavy atom. The second-order valence-electron chi connectivity index (χ2n) is 22.0. The highest BCUT2D eigenvalue weighted by Crippen LogP contribution is 2.15. The van der Waals surface area contributed by atoms with Crippen molar-refractivity contribution in [2.45, 2.75) is 297 Å². The Kier molecular flexibility index (Phi) is 65.4. The summed E-state index contributed by atoms with van der Waals surface area (Å²) in [6.45, 7) is 6.36. The van der Waals surface area contributed by atoms with Crippen LogP contribution in [0.2, 0.25) is 0 Å². The summed E-state index contributed by atoms with van der Waals surface area (Å²) >= 11 is 0. The third kappa shape index (κ3) is 67.7. The van der Waals surface area contributed by atoms with Gasteiger partial charge in [0.1, 0.15) is 13.2 Å². The van der Waals surface area contributed by atoms with Crippen molar-refractivity contribution in [3.8, 4) is 0 Å². The first kappa shape index (κ1) is 78.0. The molecule has 1 unspecified atom stereocenters. The molecule has 0 bridgehead atoms. The van der Waals surface area contributed by atoms with E-state index in [4.69, 9.17) is 14.2 Å². The summed E-state index contributed by atoms with van der Waals surface area (Å²) < 4.78 is 16.9. The smallest absolute Gasteiger partial charge is 0.306 e. The molecule has 83 heavy (non-hydrogen) atoms. The lowest BCUT2D eigenvalue weighted by molar-refractivity contribution is -0.167. The van der Waals surface area contributed by atoms with Gasteiger partial charge in [-0.3, -0.25) is 14.4 Å². The van der Waals surface area contributed by atoms with Crippen LogP contribution >= 0.6 is 0 Å². The van der Waals surface area contributed by atoms with Crippen LogP contribution in [0.5, 0.6) is 0 Å². The number of hydrogen-bond donors (Lipinski definition) is 0. The van der Waals surface area contributed by atoms with Gasteiger partial charge >= 0.3 is 17.9 Å². The van der Waals surface area contributed by atoms with Crippen LogP contribution in [0.25, 0.3) is 0 Å². The Morgan fingerprint density at radius 2 is 0.470 bits per heavy atom. The fraction of sp³-hybridized carbons (Fsp3) is 0.623. The Morgan fingerprint density at radius 3 is 0.759 bits per heavy atom. The molecule has 6 heteroatoms. The SMILES string of the molecule is CC/C=C\C/C=C\C/C=C\C/C=C\C/C=C\C/C=C\CCCCCCCCCCC(=O)OCC(COC(=O)CCCC/C=C\C/C=C\C/C=C\C/C=C\CC)OC(=O)CCCCCCCCCC/C=C\C/C=C\C/C=C\CCCCCCC. The van der Waals surface area contributed by atoms with Gasteiger partial charge in [-0.25, -0.2) is 0 Å². The molecule has 0 aliphatic rings. The van der Waals surface area contributed by atoms with E-state index < -0.39 is 6.10 Å². The minimum absolute atomic E-state index is 0.105. The van der Waals surface area contributed by atoms with Crippen LogP contribution in [-0.2, 0) is 28.6 Å². The fourth-order valence-electron chi connectivity index (χ4n) is 8.97. The molecule has 1 atom stereocenters. The third-order valence-corrected chi connectivity index (χ3v) is 14.0. The first-order valence-electron chi connectivity index (χ1n) is 34.0. The normalized spacial score (nSPS) is 13.1. The summed E-state index contributed by atoms with van der Waals surface area (Å²) in [5.74, 6) is -0.962. The summed E-state index contributed by atoms with van der Waals surface area (Å²) in [4.78, 5) is 38.4. The Bertz CT molecular complexity index is 1840. The van der Waals surface area contributed by atoms with Gasteiger partial charge in [0.2, 0.25) is 0 Å². The van der Waals surface area contributed by atoms with Gasteiger partial charge in [-0.2, -0.15) is 0 Å². The lowest BCUT2D eigenvalue weighted by Gasteiger charge is -2.18. The van der Waals surface area contributed by atoms with Crippen molar-refractivity contribution in [2.75, 3.05) is 13.2 Å². The van der Waals surface area contributed by atoms with Crippen LogP contribution in [0.15, 0.2) is 158 Å². The van der Waals surface area contributed by atoms with Crippen molar-refractivity contribution in [2.24, 2.45) is 0 Å². The number of rotatable bonds is 60. The second-order valence-corrected chi connectivity index (χ2v) is 22.0. The second kappa shape index (κ2) is 69.5. The van der Waals surface area contributed by atoms with Crippen LogP contribution < -0.4 is 0 Å². The molecule has 0 fully saturated rings. The molecule has 0 aliphatic heterocycles. The summed E-state index contributed by atoms with van der Waals surface area (Å²) in [6.07, 6.45) is 101. The number of allylic oxidation sites excluding steroid dienone is 26. The highest BCUT2D eigenvalue weighted by atomic mass is 16.6. The number of unbranched alkanes of at least 4 members (excludes halogenated alkanes) is 23. The molecule has 0 N–H and O–H groups in total. The van der Waals surface area contributed by atoms with Crippen LogP contribution in [0.4, 0.5) is 0 Å². The number of hydrogen-bond acceptors (Lipinski definition) is 6. The highest BCUT2D eigenvalue weighted by molar-refractivity contribution is 5.71. The number of ether oxygens (including phenoxy) is 3. The number of carbonyl (C=O) groups is 3. The minimum atomic E-state index is -0.813. The quantitative estimate of drug-likeness (QED) is 0.0261. The van der Waals surface area contributed by atoms with Crippen molar-refractivity contribution in [3.05, 3.63) is 158 Å². The number of esters is 3. The number of carbonyl (C=O) groups excluding carboxylic acids is 3. The van der Waals surface area contributed by atoms with E-state index in [2.05, 4.69) is 179 Å². The van der Waals surface area contributed by atoms with Crippen molar-refractivity contribution in [3.63, 3.8) is 0 Å². The standard InChI is InChI=1S/C77H124O6/c1-4-7-10-13-16-19-22-25-28-30-32-34-36-37-38-39-41-42-44-46-49-52-55-58-61-64-67-70-76(79)82-73-74(72-81-75(78)69-66-63-60-57-54-51-48-27-24-21-18-15-12-9-6-3)83-77(80)71-68-65-62-59-56-53-50-47-45-43-40-35-33-31-29-26-23-20-17-14-11-8-5-2/h7,9-10,12,16,18-19,21,23,25-28,31-34,37-38,40-43,48,54,57,74H,4-6,8,11,13-15,17,20,22,24,29-30,35-36,39,44-47,49-53,55-56,58-73H2,1-3H3/b10-7-,12-9-,19-16-,21-18-,26-23-,28-25-,33-31-,34-32-,38-37-,42-41-,43-40-,48-27-,57-54-. The average Bonchev–Trinajstić information content (AvgIpc) is 3.49. The van der Waals surface area contributed by atoms with Crippen LogP contribution in [0.1, 0.15) is 290 Å². The Labute approximate surface area is 511 Å². The highest BCUT2D eigenvalue weighted by Gasteiger charge is 2.19. The zero-order valence-corrected chi connectivity index (χ0v) is 53.7. The molecule has 0 saturated carbocycles. The molecule has 0 heterocycles. The summed E-state index contributed by atoms with van der Waals surface area (Å²) in [5.41, 5.74) is 0. The van der Waals surface area contributed by atoms with Gasteiger partial charge in [0.15, 0.2) is 6.10 Å². The molecule has 0 radical (unpaired) electrons. The lowest BCUT2D eigenvalue weighted by atomic mass is 10.1. The summed E-state index contributed by atoms with van der Waals surface area (Å²) in [7, 11) is 0. The summed E-state index contributed by atoms with van der Waals surface area (Å²) in [5, 5.41) is 0. The van der Waals surface area contributed by atoms with Gasteiger partial charge in [0.05, 0.1) is 0 Å². The van der Waals surface area contributed by atoms with Crippen LogP contribution in [0, 0.1) is 0 Å². The molecule has 0 amide bonds. The summed E-state index contributed by atoms with van der Waals surface area (Å²) in [6, 6.07) is 0. The molecule has 0 saturated heterocycles. The van der Waals surface area contributed by atoms with E-state index >= 15 is 0 Å². The molecule has 0 rings (SSSR count). The van der Waals surface area contributed by atoms with Gasteiger partial charge < -0.3 is 14.2 Å². The van der Waals surface area contributed by atoms with E-state index in [1.807, 2.05) is 0 Å². The van der Waals surface area contributed by atoms with Crippen LogP contribution in [-0.4, -0.2) is 37.2 Å². The van der Waals surface area contributed by atoms with E-state index in [0.717, 1.165) is 141 Å². The molecular weight excluding hydrogens is 1020 g/mol. The van der Waals surface area contributed by atoms with E-state index in [-0.39, 0.29) is 31.1 Å². The van der Waals surface area contributed by atoms with E-state index in [9.17, 15) is 14.4 Å². The predicted octanol–water partition coefficient (Wildman–Crippen LogP) is 23.7. The third-order valence-electron chi connectivity index (χ3n) is 14.0. The van der Waals surface area contributed by atoms with Gasteiger partial charge in [0, 0.05) is 19.3 Å². The zero-order chi connectivity index (χ0) is 59.9. The maximum Gasteiger partial charge on any atom is 0.306 e. The van der Waals surface area contributed by atoms with Crippen molar-refractivity contribution in [1.29, 1.82) is 0 Å². The maximum absolute atomic E-state index is 13.0. The van der Waals surface area contributed by atoms with Crippen molar-refractivity contribution < 1.29 is 28.6 Å². The molecule has 0 aromatic heterocycles. The maximum atomic E-state index is 13.0. The molecule has 0 aliphatic carbocycles. The van der Waals surface area contributed by atoms with Gasteiger partial charge in [-0.15, -0.1) is 0 Å². The van der Waals surface area contributed by atoms with Gasteiger partial charge in [-0.05, 0) is 148 Å². The molecule has 0 aromatic carbocycles. The fourth-order valence-corrected chi connectivity index (χ4v) is 8.97. The lowest BCUT2D eigenvalue weighted by Crippen LogP contribution is -2.30. The van der Waals surface area contributed by atoms with E-state index in [1.165, 1.54) is 103 Å².